The summed E-state index contributed by atoms with van der Waals surface area (Å²) < 4.78 is 19.2. The molecule has 1 heterocycles. The van der Waals surface area contributed by atoms with Gasteiger partial charge < -0.3 is 65.4 Å². The minimum absolute atomic E-state index is 0.00475. The van der Waals surface area contributed by atoms with E-state index in [1.807, 2.05) is 41.5 Å². The van der Waals surface area contributed by atoms with Crippen molar-refractivity contribution >= 4 is 65.0 Å². The maximum absolute atomic E-state index is 15.2. The monoisotopic (exact) mass is 1260 g/mol. The Hall–Kier alpha value is -6.24. The molecule has 0 bridgehead atoms. The molecule has 89 heavy (non-hydrogen) atoms. The third kappa shape index (κ3) is 23.2. The standard InChI is InChI=1S/C64H114FN11O13/c1-24-26-29-41(13)54(78)53-58(82)68-45(25-2)60(84)70(17)35-49(77)74(21)52(44(16)89-31-28-27-30-65)57(81)69-50(39(9)10)63(87)71(18)46(32-36(3)4)56(80)66-42(14)55(79)67-43(15)59(83)72(19)47(33-37(5)6)61(85)73(20)48(34-38(7)8)62(86)75(22)51(40(11)12)64(88)76(53)23/h24,26,36-48,50-54,78H,25,27-35H2,1-23H3,(H,66,80)(H,67,79)(H,68,82)(H,69,81)/b26-24+/t41-,42+,43-,44-,45+,46+,47+,48+,50+,51+,52+,53+,54-/m1/s1. The molecule has 24 nitrogen and oxygen atoms in total. The van der Waals surface area contributed by atoms with Crippen molar-refractivity contribution in [2.24, 2.45) is 35.5 Å². The normalized spacial score (nSPS) is 26.5. The number of halogens is 1. The SMILES string of the molecule is C/C=C/C[C@@H](C)[C@@H](O)[C@H]1C(=O)N[C@@H](CC)C(=O)N(C)CC(=O)N(C)[C@@H]([C@@H](C)OCCCCF)C(=O)N[C@@H](C(C)C)C(=O)N(C)[C@@H](CC(C)C)C(=O)N[C@@H](C)C(=O)N[C@H](C)C(=O)N(C)[C@@H](CC(C)C)C(=O)N(C)[C@@H](CC(C)C)C(=O)N(C)[C@@H](C(C)C)C(=O)N1C. The summed E-state index contributed by atoms with van der Waals surface area (Å²) >= 11 is 0. The molecule has 11 amide bonds. The van der Waals surface area contributed by atoms with Gasteiger partial charge in [0.1, 0.15) is 60.4 Å². The van der Waals surface area contributed by atoms with Gasteiger partial charge in [-0.2, -0.15) is 0 Å². The van der Waals surface area contributed by atoms with E-state index in [4.69, 9.17) is 4.74 Å². The van der Waals surface area contributed by atoms with Crippen LogP contribution in [0.5, 0.6) is 0 Å². The molecule has 0 aliphatic carbocycles. The van der Waals surface area contributed by atoms with E-state index < -0.39 is 169 Å². The molecule has 510 valence electrons. The number of nitrogens with one attached hydrogen (secondary N) is 4. The Balaban J connectivity index is 4.38. The Labute approximate surface area is 530 Å². The zero-order valence-corrected chi connectivity index (χ0v) is 58.0. The molecule has 0 aromatic heterocycles. The highest BCUT2D eigenvalue weighted by Crippen LogP contribution is 2.26. The van der Waals surface area contributed by atoms with Gasteiger partial charge in [0.25, 0.3) is 0 Å². The predicted molar refractivity (Wildman–Crippen MR) is 340 cm³/mol. The first-order chi connectivity index (χ1) is 41.3. The van der Waals surface area contributed by atoms with Crippen molar-refractivity contribution in [3.63, 3.8) is 0 Å². The van der Waals surface area contributed by atoms with Gasteiger partial charge in [-0.3, -0.25) is 57.1 Å². The molecule has 1 aliphatic heterocycles. The number of hydrogen-bond donors (Lipinski definition) is 5. The quantitative estimate of drug-likeness (QED) is 0.0918. The van der Waals surface area contributed by atoms with Crippen LogP contribution < -0.4 is 21.3 Å². The fourth-order valence-electron chi connectivity index (χ4n) is 11.0. The van der Waals surface area contributed by atoms with Gasteiger partial charge in [0.2, 0.25) is 65.0 Å². The second kappa shape index (κ2) is 37.8. The minimum Gasteiger partial charge on any atom is -0.390 e. The summed E-state index contributed by atoms with van der Waals surface area (Å²) in [6.07, 6.45) is 2.06. The van der Waals surface area contributed by atoms with Crippen LogP contribution in [0, 0.1) is 35.5 Å². The van der Waals surface area contributed by atoms with Crippen LogP contribution >= 0.6 is 0 Å². The van der Waals surface area contributed by atoms with Gasteiger partial charge in [-0.15, -0.1) is 0 Å². The van der Waals surface area contributed by atoms with E-state index in [-0.39, 0.29) is 69.3 Å². The van der Waals surface area contributed by atoms with Crippen LogP contribution in [0.25, 0.3) is 0 Å². The molecule has 0 spiro atoms. The van der Waals surface area contributed by atoms with E-state index in [1.165, 1.54) is 89.7 Å². The third-order valence-corrected chi connectivity index (χ3v) is 16.7. The van der Waals surface area contributed by atoms with Crippen LogP contribution in [0.3, 0.4) is 0 Å². The summed E-state index contributed by atoms with van der Waals surface area (Å²) in [5, 5.41) is 23.0. The number of nitrogens with zero attached hydrogens (tertiary/aromatic N) is 7. The number of aliphatic hydroxyl groups excluding tert-OH is 1. The molecule has 25 heteroatoms. The summed E-state index contributed by atoms with van der Waals surface area (Å²) in [4.78, 5) is 169. The summed E-state index contributed by atoms with van der Waals surface area (Å²) in [7, 11) is 9.67. The first kappa shape index (κ1) is 80.8. The second-order valence-electron chi connectivity index (χ2n) is 26.4. The van der Waals surface area contributed by atoms with E-state index in [0.29, 0.717) is 0 Å². The number of amides is 11. The van der Waals surface area contributed by atoms with E-state index in [2.05, 4.69) is 21.3 Å². The number of carbonyl (C=O) groups is 11. The molecule has 0 aromatic rings. The van der Waals surface area contributed by atoms with Gasteiger partial charge in [0, 0.05) is 55.9 Å². The van der Waals surface area contributed by atoms with Crippen molar-refractivity contribution in [1.82, 2.24) is 55.6 Å². The first-order valence-electron chi connectivity index (χ1n) is 31.8. The molecule has 0 saturated carbocycles. The molecular weight excluding hydrogens is 1150 g/mol. The van der Waals surface area contributed by atoms with Crippen LogP contribution in [0.2, 0.25) is 0 Å². The molecule has 0 unspecified atom stereocenters. The number of aliphatic hydroxyl groups is 1. The summed E-state index contributed by atoms with van der Waals surface area (Å²) in [5.41, 5.74) is 0. The van der Waals surface area contributed by atoms with E-state index >= 15 is 9.59 Å². The lowest BCUT2D eigenvalue weighted by Crippen LogP contribution is -2.63. The fraction of sp³-hybridized carbons (Fsp3) is 0.797. The van der Waals surface area contributed by atoms with Crippen LogP contribution in [-0.4, -0.2) is 246 Å². The van der Waals surface area contributed by atoms with Crippen molar-refractivity contribution < 1.29 is 67.0 Å². The molecule has 1 fully saturated rings. The van der Waals surface area contributed by atoms with Crippen molar-refractivity contribution in [2.75, 3.05) is 69.2 Å². The Morgan fingerprint density at radius 1 is 0.528 bits per heavy atom. The number of carbonyl (C=O) groups excluding carboxylic acids is 11. The molecular formula is C64H114FN11O13. The van der Waals surface area contributed by atoms with Crippen LogP contribution in [0.1, 0.15) is 156 Å². The maximum Gasteiger partial charge on any atom is 0.246 e. The van der Waals surface area contributed by atoms with E-state index in [1.54, 1.807) is 60.6 Å². The Morgan fingerprint density at radius 3 is 1.48 bits per heavy atom. The number of unbranched alkanes of at least 4 members (excludes halogenated alkanes) is 1. The smallest absolute Gasteiger partial charge is 0.246 e. The second-order valence-corrected chi connectivity index (χ2v) is 26.4. The van der Waals surface area contributed by atoms with Gasteiger partial charge >= 0.3 is 0 Å². The molecule has 13 atom stereocenters. The maximum atomic E-state index is 15.2. The van der Waals surface area contributed by atoms with Crippen molar-refractivity contribution in [1.29, 1.82) is 0 Å². The highest BCUT2D eigenvalue weighted by atomic mass is 19.1. The number of ether oxygens (including phenoxy) is 1. The molecule has 1 aliphatic rings. The highest BCUT2D eigenvalue weighted by Gasteiger charge is 2.46. The van der Waals surface area contributed by atoms with Crippen LogP contribution in [-0.2, 0) is 57.5 Å². The number of likely N-dealkylation sites (N-methyl/N-ethyl adjacent to an activating group) is 7. The molecule has 0 aromatic carbocycles. The molecule has 1 rings (SSSR count). The zero-order valence-electron chi connectivity index (χ0n) is 58.0. The van der Waals surface area contributed by atoms with E-state index in [0.717, 1.165) is 14.7 Å². The number of alkyl halides is 1. The Kier molecular flexibility index (Phi) is 34.3. The molecule has 5 N–H and O–H groups in total. The Bertz CT molecular complexity index is 2410. The Morgan fingerprint density at radius 2 is 1.00 bits per heavy atom. The number of hydrogen-bond acceptors (Lipinski definition) is 13. The van der Waals surface area contributed by atoms with Gasteiger partial charge in [0.15, 0.2) is 0 Å². The molecule has 0 radical (unpaired) electrons. The average Bonchev–Trinajstić information content (AvgIpc) is 0.987. The average molecular weight is 1260 g/mol. The third-order valence-electron chi connectivity index (χ3n) is 16.7. The lowest BCUT2D eigenvalue weighted by Gasteiger charge is -2.41. The summed E-state index contributed by atoms with van der Waals surface area (Å²) in [6, 6.07) is -13.0. The lowest BCUT2D eigenvalue weighted by atomic mass is 9.91. The lowest BCUT2D eigenvalue weighted by molar-refractivity contribution is -0.157. The number of allylic oxidation sites excluding steroid dienone is 2. The van der Waals surface area contributed by atoms with Crippen molar-refractivity contribution in [3.05, 3.63) is 12.2 Å². The van der Waals surface area contributed by atoms with Crippen molar-refractivity contribution in [2.45, 2.75) is 228 Å². The summed E-state index contributed by atoms with van der Waals surface area (Å²) in [6.45, 7) is 26.1. The van der Waals surface area contributed by atoms with Gasteiger partial charge in [-0.1, -0.05) is 95.2 Å². The van der Waals surface area contributed by atoms with Gasteiger partial charge in [-0.05, 0) is 108 Å². The summed E-state index contributed by atoms with van der Waals surface area (Å²) in [5.74, 6) is -10.4. The van der Waals surface area contributed by atoms with Crippen LogP contribution in [0.15, 0.2) is 12.2 Å². The first-order valence-corrected chi connectivity index (χ1v) is 31.8. The van der Waals surface area contributed by atoms with E-state index in [9.17, 15) is 52.6 Å². The largest absolute Gasteiger partial charge is 0.390 e. The van der Waals surface area contributed by atoms with Gasteiger partial charge in [0.05, 0.1) is 25.4 Å². The topological polar surface area (TPSA) is 288 Å². The fourth-order valence-corrected chi connectivity index (χ4v) is 11.0. The zero-order chi connectivity index (χ0) is 68.8. The van der Waals surface area contributed by atoms with Crippen LogP contribution in [0.4, 0.5) is 4.39 Å². The predicted octanol–water partition coefficient (Wildman–Crippen LogP) is 3.38. The number of rotatable bonds is 19. The minimum atomic E-state index is -1.65. The molecule has 1 saturated heterocycles. The van der Waals surface area contributed by atoms with Gasteiger partial charge in [-0.25, -0.2) is 0 Å². The highest BCUT2D eigenvalue weighted by molar-refractivity contribution is 5.99. The van der Waals surface area contributed by atoms with Crippen molar-refractivity contribution in [3.8, 4) is 0 Å².